The fourth-order valence-corrected chi connectivity index (χ4v) is 3.53. The maximum atomic E-state index is 12.6. The predicted molar refractivity (Wildman–Crippen MR) is 93.1 cm³/mol. The molecule has 6 heteroatoms. The van der Waals surface area contributed by atoms with Crippen molar-refractivity contribution in [1.82, 2.24) is 14.5 Å². The highest BCUT2D eigenvalue weighted by molar-refractivity contribution is 5.79. The van der Waals surface area contributed by atoms with Crippen LogP contribution in [0.3, 0.4) is 0 Å². The number of nitrogens with zero attached hydrogens (tertiary/aromatic N) is 3. The molecule has 132 valence electrons. The molecule has 1 N–H and O–H groups in total. The minimum atomic E-state index is -0.841. The first-order valence-electron chi connectivity index (χ1n) is 8.65. The van der Waals surface area contributed by atoms with Gasteiger partial charge in [-0.2, -0.15) is 0 Å². The van der Waals surface area contributed by atoms with Crippen molar-refractivity contribution in [1.29, 1.82) is 0 Å². The maximum absolute atomic E-state index is 12.6. The molecule has 1 aliphatic rings. The van der Waals surface area contributed by atoms with Gasteiger partial charge >= 0.3 is 5.97 Å². The number of hydrogen-bond acceptors (Lipinski definition) is 3. The topological polar surface area (TPSA) is 75.4 Å². The molecule has 1 saturated heterocycles. The van der Waals surface area contributed by atoms with Gasteiger partial charge in [-0.15, -0.1) is 0 Å². The van der Waals surface area contributed by atoms with Gasteiger partial charge < -0.3 is 14.6 Å². The monoisotopic (exact) mass is 341 g/mol. The van der Waals surface area contributed by atoms with Crippen molar-refractivity contribution in [3.8, 4) is 0 Å². The molecule has 0 aliphatic carbocycles. The quantitative estimate of drug-likeness (QED) is 0.874. The van der Waals surface area contributed by atoms with Gasteiger partial charge in [-0.3, -0.25) is 9.59 Å². The molecule has 1 amide bonds. The molecule has 2 atom stereocenters. The van der Waals surface area contributed by atoms with E-state index in [1.165, 1.54) is 0 Å². The van der Waals surface area contributed by atoms with E-state index in [-0.39, 0.29) is 18.4 Å². The van der Waals surface area contributed by atoms with Gasteiger partial charge in [-0.05, 0) is 5.56 Å². The highest BCUT2D eigenvalue weighted by atomic mass is 16.4. The minimum Gasteiger partial charge on any atom is -0.481 e. The molecule has 25 heavy (non-hydrogen) atoms. The number of aromatic nitrogens is 2. The number of carbonyl (C=O) groups is 2. The number of likely N-dealkylation sites (tertiary alicyclic amines) is 1. The zero-order valence-corrected chi connectivity index (χ0v) is 14.3. The Balaban J connectivity index is 1.66. The summed E-state index contributed by atoms with van der Waals surface area (Å²) in [6.45, 7) is 3.35. The van der Waals surface area contributed by atoms with Gasteiger partial charge in [0.25, 0.3) is 0 Å². The van der Waals surface area contributed by atoms with Crippen LogP contribution in [0.1, 0.15) is 30.7 Å². The average Bonchev–Trinajstić information content (AvgIpc) is 3.27. The molecule has 0 saturated carbocycles. The molecule has 3 rings (SSSR count). The van der Waals surface area contributed by atoms with E-state index < -0.39 is 11.9 Å². The zero-order chi connectivity index (χ0) is 17.8. The van der Waals surface area contributed by atoms with Gasteiger partial charge in [0.05, 0.1) is 5.92 Å². The summed E-state index contributed by atoms with van der Waals surface area (Å²) in [6.07, 6.45) is 4.80. The molecule has 1 fully saturated rings. The van der Waals surface area contributed by atoms with Gasteiger partial charge in [0.1, 0.15) is 5.82 Å². The molecule has 1 aliphatic heterocycles. The molecule has 2 aromatic rings. The van der Waals surface area contributed by atoms with E-state index in [0.29, 0.717) is 19.5 Å². The summed E-state index contributed by atoms with van der Waals surface area (Å²) < 4.78 is 1.98. The largest absolute Gasteiger partial charge is 0.481 e. The molecule has 1 aromatic carbocycles. The average molecular weight is 341 g/mol. The third kappa shape index (κ3) is 3.73. The van der Waals surface area contributed by atoms with Crippen LogP contribution in [0.4, 0.5) is 0 Å². The standard InChI is InChI=1S/C19H23N3O3/c1-2-17-20-9-11-21(17)10-8-18(23)22-12-15(16(13-22)19(24)25)14-6-4-3-5-7-14/h3-7,9,11,15-16H,2,8,10,12-13H2,1H3,(H,24,25)/t15-,16+/m1/s1. The number of carbonyl (C=O) groups excluding carboxylic acids is 1. The highest BCUT2D eigenvalue weighted by Gasteiger charge is 2.40. The molecular weight excluding hydrogens is 318 g/mol. The highest BCUT2D eigenvalue weighted by Crippen LogP contribution is 2.33. The summed E-state index contributed by atoms with van der Waals surface area (Å²) in [5, 5.41) is 9.54. The first kappa shape index (κ1) is 17.2. The van der Waals surface area contributed by atoms with E-state index in [1.807, 2.05) is 48.0 Å². The smallest absolute Gasteiger partial charge is 0.308 e. The fraction of sp³-hybridized carbons (Fsp3) is 0.421. The molecule has 0 radical (unpaired) electrons. The number of aryl methyl sites for hydroxylation is 2. The number of benzene rings is 1. The van der Waals surface area contributed by atoms with Crippen LogP contribution in [0.5, 0.6) is 0 Å². The summed E-state index contributed by atoms with van der Waals surface area (Å²) in [7, 11) is 0. The first-order chi connectivity index (χ1) is 12.1. The van der Waals surface area contributed by atoms with Crippen molar-refractivity contribution in [2.45, 2.75) is 32.2 Å². The van der Waals surface area contributed by atoms with Crippen molar-refractivity contribution >= 4 is 11.9 Å². The van der Waals surface area contributed by atoms with Crippen molar-refractivity contribution in [3.63, 3.8) is 0 Å². The lowest BCUT2D eigenvalue weighted by Crippen LogP contribution is -2.30. The molecule has 1 aromatic heterocycles. The number of aliphatic carboxylic acids is 1. The minimum absolute atomic E-state index is 0.000402. The third-order valence-electron chi connectivity index (χ3n) is 4.90. The van der Waals surface area contributed by atoms with Crippen LogP contribution in [0.15, 0.2) is 42.7 Å². The molecule has 0 unspecified atom stereocenters. The van der Waals surface area contributed by atoms with Crippen LogP contribution in [0.2, 0.25) is 0 Å². The van der Waals surface area contributed by atoms with Crippen LogP contribution in [-0.4, -0.2) is 44.5 Å². The van der Waals surface area contributed by atoms with Crippen LogP contribution < -0.4 is 0 Å². The summed E-state index contributed by atoms with van der Waals surface area (Å²) in [5.41, 5.74) is 0.980. The number of carboxylic acid groups (broad SMARTS) is 1. The van der Waals surface area contributed by atoms with Crippen LogP contribution in [0.25, 0.3) is 0 Å². The lowest BCUT2D eigenvalue weighted by molar-refractivity contribution is -0.141. The van der Waals surface area contributed by atoms with Crippen molar-refractivity contribution < 1.29 is 14.7 Å². The SMILES string of the molecule is CCc1nccn1CCC(=O)N1C[C@H](C(=O)O)[C@@H](c2ccccc2)C1. The summed E-state index contributed by atoms with van der Waals surface area (Å²) in [6, 6.07) is 9.60. The number of rotatable bonds is 6. The van der Waals surface area contributed by atoms with Crippen molar-refractivity contribution in [3.05, 3.63) is 54.1 Å². The van der Waals surface area contributed by atoms with E-state index in [9.17, 15) is 14.7 Å². The number of carboxylic acids is 1. The van der Waals surface area contributed by atoms with Crippen molar-refractivity contribution in [2.24, 2.45) is 5.92 Å². The van der Waals surface area contributed by atoms with Gasteiger partial charge in [0.2, 0.25) is 5.91 Å². The van der Waals surface area contributed by atoms with Crippen LogP contribution >= 0.6 is 0 Å². The molecule has 0 bridgehead atoms. The van der Waals surface area contributed by atoms with Gasteiger partial charge in [-0.1, -0.05) is 37.3 Å². The Morgan fingerprint density at radius 2 is 2.00 bits per heavy atom. The molecular formula is C19H23N3O3. The number of amides is 1. The second-order valence-corrected chi connectivity index (χ2v) is 6.40. The normalized spacial score (nSPS) is 20.0. The van der Waals surface area contributed by atoms with Gasteiger partial charge in [-0.25, -0.2) is 4.98 Å². The van der Waals surface area contributed by atoms with E-state index in [4.69, 9.17) is 0 Å². The lowest BCUT2D eigenvalue weighted by Gasteiger charge is -2.17. The first-order valence-corrected chi connectivity index (χ1v) is 8.65. The zero-order valence-electron chi connectivity index (χ0n) is 14.3. The Kier molecular flexibility index (Phi) is 5.16. The summed E-state index contributed by atoms with van der Waals surface area (Å²) in [5.74, 6) is -0.583. The third-order valence-corrected chi connectivity index (χ3v) is 4.90. The van der Waals surface area contributed by atoms with Crippen molar-refractivity contribution in [2.75, 3.05) is 13.1 Å². The van der Waals surface area contributed by atoms with Gasteiger partial charge in [0, 0.05) is 50.8 Å². The maximum Gasteiger partial charge on any atom is 0.308 e. The fourth-order valence-electron chi connectivity index (χ4n) is 3.53. The van der Waals surface area contributed by atoms with E-state index >= 15 is 0 Å². The summed E-state index contributed by atoms with van der Waals surface area (Å²) >= 11 is 0. The molecule has 6 nitrogen and oxygen atoms in total. The van der Waals surface area contributed by atoms with Crippen LogP contribution in [0, 0.1) is 5.92 Å². The predicted octanol–water partition coefficient (Wildman–Crippen LogP) is 2.16. The van der Waals surface area contributed by atoms with Crippen LogP contribution in [-0.2, 0) is 22.6 Å². The lowest BCUT2D eigenvalue weighted by atomic mass is 9.89. The Morgan fingerprint density at radius 3 is 2.68 bits per heavy atom. The summed E-state index contributed by atoms with van der Waals surface area (Å²) in [4.78, 5) is 30.2. The van der Waals surface area contributed by atoms with E-state index in [1.54, 1.807) is 11.1 Å². The Morgan fingerprint density at radius 1 is 1.24 bits per heavy atom. The van der Waals surface area contributed by atoms with E-state index in [0.717, 1.165) is 17.8 Å². The number of imidazole rings is 1. The van der Waals surface area contributed by atoms with Gasteiger partial charge in [0.15, 0.2) is 0 Å². The molecule has 2 heterocycles. The Bertz CT molecular complexity index is 741. The second-order valence-electron chi connectivity index (χ2n) is 6.40. The second kappa shape index (κ2) is 7.51. The number of hydrogen-bond donors (Lipinski definition) is 1. The Hall–Kier alpha value is -2.63. The van der Waals surface area contributed by atoms with E-state index in [2.05, 4.69) is 4.98 Å². The molecule has 0 spiro atoms. The Labute approximate surface area is 147 Å².